The van der Waals surface area contributed by atoms with Gasteiger partial charge in [0.25, 0.3) is 0 Å². The molecule has 3 aromatic heterocycles. The molecule has 5 rings (SSSR count). The summed E-state index contributed by atoms with van der Waals surface area (Å²) in [5, 5.41) is 9.08. The summed E-state index contributed by atoms with van der Waals surface area (Å²) < 4.78 is 7.76. The predicted octanol–water partition coefficient (Wildman–Crippen LogP) is 4.81. The zero-order valence-electron chi connectivity index (χ0n) is 16.4. The average Bonchev–Trinajstić information content (AvgIpc) is 3.31. The van der Waals surface area contributed by atoms with E-state index in [9.17, 15) is 0 Å². The molecular formula is C23H21N5O. The third-order valence-electron chi connectivity index (χ3n) is 4.99. The fourth-order valence-electron chi connectivity index (χ4n) is 3.57. The fraction of sp³-hybridized carbons (Fsp3) is 0.174. The zero-order valence-corrected chi connectivity index (χ0v) is 16.4. The van der Waals surface area contributed by atoms with E-state index in [-0.39, 0.29) is 0 Å². The van der Waals surface area contributed by atoms with Crippen LogP contribution in [0.1, 0.15) is 17.1 Å². The van der Waals surface area contributed by atoms with Gasteiger partial charge in [0.15, 0.2) is 5.65 Å². The predicted molar refractivity (Wildman–Crippen MR) is 114 cm³/mol. The van der Waals surface area contributed by atoms with E-state index in [1.807, 2.05) is 66.9 Å². The number of hydrogen-bond acceptors (Lipinski definition) is 5. The van der Waals surface area contributed by atoms with Gasteiger partial charge in [-0.15, -0.1) is 0 Å². The van der Waals surface area contributed by atoms with E-state index in [1.54, 1.807) is 0 Å². The van der Waals surface area contributed by atoms with Crippen molar-refractivity contribution in [2.24, 2.45) is 0 Å². The normalized spacial score (nSPS) is 11.4. The second-order valence-corrected chi connectivity index (χ2v) is 7.10. The summed E-state index contributed by atoms with van der Waals surface area (Å²) in [4.78, 5) is 9.46. The topological polar surface area (TPSA) is 68.2 Å². The van der Waals surface area contributed by atoms with Gasteiger partial charge in [0, 0.05) is 30.0 Å². The van der Waals surface area contributed by atoms with Crippen LogP contribution in [-0.2, 0) is 6.42 Å². The molecule has 0 saturated carbocycles. The number of para-hydroxylation sites is 1. The van der Waals surface area contributed by atoms with Gasteiger partial charge < -0.3 is 9.73 Å². The number of anilines is 1. The lowest BCUT2D eigenvalue weighted by atomic mass is 10.2. The van der Waals surface area contributed by atoms with Gasteiger partial charge in [0.2, 0.25) is 5.89 Å². The lowest BCUT2D eigenvalue weighted by Crippen LogP contribution is -2.09. The maximum Gasteiger partial charge on any atom is 0.226 e. The molecule has 0 atom stereocenters. The van der Waals surface area contributed by atoms with E-state index < -0.39 is 0 Å². The van der Waals surface area contributed by atoms with Crippen LogP contribution in [0.2, 0.25) is 0 Å². The Labute approximate surface area is 168 Å². The van der Waals surface area contributed by atoms with E-state index in [0.717, 1.165) is 51.5 Å². The van der Waals surface area contributed by atoms with E-state index in [0.29, 0.717) is 12.4 Å². The van der Waals surface area contributed by atoms with Gasteiger partial charge in [0.1, 0.15) is 11.6 Å². The lowest BCUT2D eigenvalue weighted by molar-refractivity contribution is 0.539. The standard InChI is InChI=1S/C23H21N5O/c1-15-14-21-26-22(18-10-6-7-11-20(18)28(21)27-15)24-13-12-19-16(2)29-23(25-19)17-8-4-3-5-9-17/h3-11,14H,12-13H2,1-2H3,(H,24,26). The highest BCUT2D eigenvalue weighted by atomic mass is 16.4. The first-order chi connectivity index (χ1) is 14.2. The minimum Gasteiger partial charge on any atom is -0.441 e. The highest BCUT2D eigenvalue weighted by molar-refractivity contribution is 5.91. The first-order valence-corrected chi connectivity index (χ1v) is 9.70. The molecule has 3 heterocycles. The molecule has 0 unspecified atom stereocenters. The van der Waals surface area contributed by atoms with Crippen LogP contribution in [0.5, 0.6) is 0 Å². The monoisotopic (exact) mass is 383 g/mol. The molecule has 5 aromatic rings. The van der Waals surface area contributed by atoms with Crippen molar-refractivity contribution in [1.82, 2.24) is 19.6 Å². The number of nitrogens with zero attached hydrogens (tertiary/aromatic N) is 4. The Hall–Kier alpha value is -3.67. The maximum absolute atomic E-state index is 5.87. The number of aryl methyl sites for hydroxylation is 2. The van der Waals surface area contributed by atoms with Crippen LogP contribution in [-0.4, -0.2) is 26.1 Å². The second-order valence-electron chi connectivity index (χ2n) is 7.10. The van der Waals surface area contributed by atoms with Crippen LogP contribution < -0.4 is 5.32 Å². The second kappa shape index (κ2) is 7.05. The van der Waals surface area contributed by atoms with Crippen LogP contribution in [0.3, 0.4) is 0 Å². The number of aromatic nitrogens is 4. The Morgan fingerprint density at radius 2 is 1.76 bits per heavy atom. The molecule has 0 spiro atoms. The van der Waals surface area contributed by atoms with Gasteiger partial charge in [-0.05, 0) is 38.1 Å². The summed E-state index contributed by atoms with van der Waals surface area (Å²) in [6.07, 6.45) is 0.752. The molecule has 1 N–H and O–H groups in total. The largest absolute Gasteiger partial charge is 0.441 e. The van der Waals surface area contributed by atoms with Crippen molar-refractivity contribution in [2.75, 3.05) is 11.9 Å². The Morgan fingerprint density at radius 1 is 0.966 bits per heavy atom. The molecule has 2 aromatic carbocycles. The molecule has 0 aliphatic rings. The van der Waals surface area contributed by atoms with Crippen LogP contribution in [0.15, 0.2) is 65.1 Å². The summed E-state index contributed by atoms with van der Waals surface area (Å²) in [6.45, 7) is 4.65. The molecule has 0 aliphatic heterocycles. The molecule has 0 amide bonds. The molecule has 6 heteroatoms. The van der Waals surface area contributed by atoms with Crippen molar-refractivity contribution < 1.29 is 4.42 Å². The third-order valence-corrected chi connectivity index (χ3v) is 4.99. The van der Waals surface area contributed by atoms with Crippen molar-refractivity contribution in [3.63, 3.8) is 0 Å². The number of rotatable bonds is 5. The molecule has 0 saturated heterocycles. The van der Waals surface area contributed by atoms with Crippen molar-refractivity contribution in [3.8, 4) is 11.5 Å². The average molecular weight is 383 g/mol. The Balaban J connectivity index is 1.39. The number of oxazole rings is 1. The SMILES string of the molecule is Cc1cc2nc(NCCc3nc(-c4ccccc4)oc3C)c3ccccc3n2n1. The van der Waals surface area contributed by atoms with Crippen LogP contribution in [0, 0.1) is 13.8 Å². The van der Waals surface area contributed by atoms with Gasteiger partial charge >= 0.3 is 0 Å². The van der Waals surface area contributed by atoms with Gasteiger partial charge in [-0.1, -0.05) is 30.3 Å². The lowest BCUT2D eigenvalue weighted by Gasteiger charge is -2.09. The minimum atomic E-state index is 0.665. The molecule has 0 radical (unpaired) electrons. The van der Waals surface area contributed by atoms with Crippen molar-refractivity contribution in [2.45, 2.75) is 20.3 Å². The number of nitrogens with one attached hydrogen (secondary N) is 1. The molecule has 144 valence electrons. The fourth-order valence-corrected chi connectivity index (χ4v) is 3.57. The summed E-state index contributed by atoms with van der Waals surface area (Å²) >= 11 is 0. The Bertz CT molecular complexity index is 1300. The van der Waals surface area contributed by atoms with Crippen molar-refractivity contribution >= 4 is 22.4 Å². The highest BCUT2D eigenvalue weighted by Crippen LogP contribution is 2.24. The summed E-state index contributed by atoms with van der Waals surface area (Å²) in [5.74, 6) is 2.38. The minimum absolute atomic E-state index is 0.665. The van der Waals surface area contributed by atoms with Crippen LogP contribution in [0.4, 0.5) is 5.82 Å². The Morgan fingerprint density at radius 3 is 2.62 bits per heavy atom. The van der Waals surface area contributed by atoms with E-state index in [4.69, 9.17) is 9.40 Å². The van der Waals surface area contributed by atoms with E-state index in [2.05, 4.69) is 27.5 Å². The maximum atomic E-state index is 5.87. The summed E-state index contributed by atoms with van der Waals surface area (Å²) in [5.41, 5.74) is 4.78. The third kappa shape index (κ3) is 3.23. The van der Waals surface area contributed by atoms with E-state index in [1.165, 1.54) is 0 Å². The van der Waals surface area contributed by atoms with Gasteiger partial charge in [0.05, 0.1) is 16.9 Å². The smallest absolute Gasteiger partial charge is 0.226 e. The summed E-state index contributed by atoms with van der Waals surface area (Å²) in [6, 6.07) is 20.1. The van der Waals surface area contributed by atoms with Gasteiger partial charge in [-0.3, -0.25) is 0 Å². The molecule has 6 nitrogen and oxygen atoms in total. The molecule has 29 heavy (non-hydrogen) atoms. The first kappa shape index (κ1) is 17.4. The first-order valence-electron chi connectivity index (χ1n) is 9.70. The molecule has 0 aliphatic carbocycles. The van der Waals surface area contributed by atoms with Gasteiger partial charge in [-0.25, -0.2) is 14.5 Å². The van der Waals surface area contributed by atoms with Crippen LogP contribution >= 0.6 is 0 Å². The number of fused-ring (bicyclic) bond motifs is 3. The zero-order chi connectivity index (χ0) is 19.8. The molecule has 0 bridgehead atoms. The van der Waals surface area contributed by atoms with Crippen molar-refractivity contribution in [1.29, 1.82) is 0 Å². The van der Waals surface area contributed by atoms with Crippen LogP contribution in [0.25, 0.3) is 28.0 Å². The quantitative estimate of drug-likeness (QED) is 0.472. The van der Waals surface area contributed by atoms with Crippen molar-refractivity contribution in [3.05, 3.63) is 77.8 Å². The molecular weight excluding hydrogens is 362 g/mol. The summed E-state index contributed by atoms with van der Waals surface area (Å²) in [7, 11) is 0. The molecule has 0 fully saturated rings. The Kier molecular flexibility index (Phi) is 4.24. The number of hydrogen-bond donors (Lipinski definition) is 1. The number of benzene rings is 2. The van der Waals surface area contributed by atoms with Gasteiger partial charge in [-0.2, -0.15) is 5.10 Å². The highest BCUT2D eigenvalue weighted by Gasteiger charge is 2.13. The van der Waals surface area contributed by atoms with E-state index >= 15 is 0 Å².